The maximum Gasteiger partial charge on any atom is 0.324 e. The van der Waals surface area contributed by atoms with E-state index in [4.69, 9.17) is 0 Å². The zero-order valence-corrected chi connectivity index (χ0v) is 11.6. The van der Waals surface area contributed by atoms with Crippen LogP contribution in [0.15, 0.2) is 24.3 Å². The van der Waals surface area contributed by atoms with Gasteiger partial charge in [0.25, 0.3) is 0 Å². The largest absolute Gasteiger partial charge is 0.324 e. The monoisotopic (exact) mass is 258 g/mol. The molecule has 0 aliphatic rings. The van der Waals surface area contributed by atoms with Crippen molar-refractivity contribution < 1.29 is 4.79 Å². The van der Waals surface area contributed by atoms with Crippen LogP contribution < -0.4 is 10.6 Å². The van der Waals surface area contributed by atoms with Crippen LogP contribution in [0.25, 0.3) is 0 Å². The van der Waals surface area contributed by atoms with Gasteiger partial charge in [-0.05, 0) is 44.0 Å². The second-order valence-electron chi connectivity index (χ2n) is 4.67. The van der Waals surface area contributed by atoms with E-state index in [-0.39, 0.29) is 6.03 Å². The number of carbonyl (C=O) groups is 1. The Morgan fingerprint density at radius 1 is 1.11 bits per heavy atom. The van der Waals surface area contributed by atoms with Gasteiger partial charge in [-0.15, -0.1) is 0 Å². The molecular formula is C14H18N4O. The number of amides is 2. The van der Waals surface area contributed by atoms with Gasteiger partial charge in [0.1, 0.15) is 0 Å². The average Bonchev–Trinajstić information content (AvgIpc) is 2.63. The van der Waals surface area contributed by atoms with Crippen molar-refractivity contribution in [3.63, 3.8) is 0 Å². The number of aromatic nitrogens is 2. The zero-order chi connectivity index (χ0) is 14.0. The number of aryl methyl sites for hydroxylation is 4. The fraction of sp³-hybridized carbons (Fsp3) is 0.286. The molecule has 2 amide bonds. The van der Waals surface area contributed by atoms with Crippen molar-refractivity contribution in [2.24, 2.45) is 7.05 Å². The molecule has 1 aromatic carbocycles. The van der Waals surface area contributed by atoms with Crippen molar-refractivity contribution in [3.8, 4) is 0 Å². The van der Waals surface area contributed by atoms with E-state index in [1.165, 1.54) is 5.56 Å². The normalized spacial score (nSPS) is 10.3. The van der Waals surface area contributed by atoms with Gasteiger partial charge in [-0.1, -0.05) is 6.07 Å². The number of nitrogens with zero attached hydrogens (tertiary/aromatic N) is 2. The lowest BCUT2D eigenvalue weighted by Gasteiger charge is -2.07. The van der Waals surface area contributed by atoms with Crippen LogP contribution in [0, 0.1) is 20.8 Å². The molecule has 0 bridgehead atoms. The number of rotatable bonds is 2. The van der Waals surface area contributed by atoms with E-state index in [1.54, 1.807) is 4.68 Å². The summed E-state index contributed by atoms with van der Waals surface area (Å²) in [7, 11) is 1.84. The van der Waals surface area contributed by atoms with Gasteiger partial charge in [0, 0.05) is 24.5 Å². The second kappa shape index (κ2) is 5.14. The standard InChI is InChI=1S/C14H18N4O/c1-9-5-6-12(7-10(9)2)15-14(19)16-13-8-11(3)18(4)17-13/h5-8H,1-4H3,(H2,15,16,17,19). The van der Waals surface area contributed by atoms with Gasteiger partial charge in [-0.3, -0.25) is 10.00 Å². The highest BCUT2D eigenvalue weighted by molar-refractivity contribution is 5.99. The Morgan fingerprint density at radius 3 is 2.42 bits per heavy atom. The van der Waals surface area contributed by atoms with E-state index in [9.17, 15) is 4.79 Å². The quantitative estimate of drug-likeness (QED) is 0.870. The third kappa shape index (κ3) is 3.13. The van der Waals surface area contributed by atoms with Gasteiger partial charge in [0.2, 0.25) is 0 Å². The van der Waals surface area contributed by atoms with Gasteiger partial charge in [-0.2, -0.15) is 5.10 Å². The van der Waals surface area contributed by atoms with Crippen molar-refractivity contribution in [2.45, 2.75) is 20.8 Å². The summed E-state index contributed by atoms with van der Waals surface area (Å²) in [5.74, 6) is 0.543. The number of carbonyl (C=O) groups excluding carboxylic acids is 1. The Labute approximate surface area is 112 Å². The van der Waals surface area contributed by atoms with Gasteiger partial charge in [0.05, 0.1) is 0 Å². The molecule has 1 aromatic heterocycles. The molecular weight excluding hydrogens is 240 g/mol. The Bertz CT molecular complexity index is 596. The summed E-state index contributed by atoms with van der Waals surface area (Å²) in [5.41, 5.74) is 4.10. The van der Waals surface area contributed by atoms with Crippen LogP contribution in [0.5, 0.6) is 0 Å². The first-order valence-electron chi connectivity index (χ1n) is 6.11. The van der Waals surface area contributed by atoms with Crippen LogP contribution in [-0.2, 0) is 7.05 Å². The van der Waals surface area contributed by atoms with Gasteiger partial charge in [0.15, 0.2) is 5.82 Å². The van der Waals surface area contributed by atoms with E-state index in [1.807, 2.05) is 52.1 Å². The van der Waals surface area contributed by atoms with Crippen LogP contribution in [-0.4, -0.2) is 15.8 Å². The summed E-state index contributed by atoms with van der Waals surface area (Å²) in [6.07, 6.45) is 0. The molecule has 5 nitrogen and oxygen atoms in total. The third-order valence-electron chi connectivity index (χ3n) is 3.12. The molecule has 0 aliphatic carbocycles. The first-order valence-corrected chi connectivity index (χ1v) is 6.11. The average molecular weight is 258 g/mol. The lowest BCUT2D eigenvalue weighted by Crippen LogP contribution is -2.19. The van der Waals surface area contributed by atoms with E-state index in [2.05, 4.69) is 15.7 Å². The first-order chi connectivity index (χ1) is 8.95. The zero-order valence-electron chi connectivity index (χ0n) is 11.6. The van der Waals surface area contributed by atoms with Crippen LogP contribution in [0.1, 0.15) is 16.8 Å². The van der Waals surface area contributed by atoms with E-state index >= 15 is 0 Å². The van der Waals surface area contributed by atoms with Crippen molar-refractivity contribution in [2.75, 3.05) is 10.6 Å². The second-order valence-corrected chi connectivity index (χ2v) is 4.67. The highest BCUT2D eigenvalue weighted by Crippen LogP contribution is 2.14. The van der Waals surface area contributed by atoms with Crippen molar-refractivity contribution in [1.82, 2.24) is 9.78 Å². The molecule has 0 spiro atoms. The fourth-order valence-electron chi connectivity index (χ4n) is 1.72. The predicted octanol–water partition coefficient (Wildman–Crippen LogP) is 2.99. The Balaban J connectivity index is 2.03. The van der Waals surface area contributed by atoms with E-state index < -0.39 is 0 Å². The number of hydrogen-bond acceptors (Lipinski definition) is 2. The van der Waals surface area contributed by atoms with Crippen LogP contribution in [0.4, 0.5) is 16.3 Å². The molecule has 1 heterocycles. The van der Waals surface area contributed by atoms with Crippen LogP contribution in [0.3, 0.4) is 0 Å². The molecule has 2 N–H and O–H groups in total. The van der Waals surface area contributed by atoms with Gasteiger partial charge in [-0.25, -0.2) is 4.79 Å². The molecule has 0 saturated heterocycles. The smallest absolute Gasteiger partial charge is 0.308 e. The minimum atomic E-state index is -0.290. The SMILES string of the molecule is Cc1ccc(NC(=O)Nc2cc(C)n(C)n2)cc1C. The highest BCUT2D eigenvalue weighted by atomic mass is 16.2. The summed E-state index contributed by atoms with van der Waals surface area (Å²) < 4.78 is 1.71. The molecule has 0 fully saturated rings. The Hall–Kier alpha value is -2.30. The van der Waals surface area contributed by atoms with Crippen molar-refractivity contribution in [1.29, 1.82) is 0 Å². The number of nitrogens with one attached hydrogen (secondary N) is 2. The predicted molar refractivity (Wildman–Crippen MR) is 76.5 cm³/mol. The van der Waals surface area contributed by atoms with Gasteiger partial charge >= 0.3 is 6.03 Å². The minimum Gasteiger partial charge on any atom is -0.308 e. The lowest BCUT2D eigenvalue weighted by atomic mass is 10.1. The van der Waals surface area contributed by atoms with E-state index in [0.29, 0.717) is 5.82 Å². The lowest BCUT2D eigenvalue weighted by molar-refractivity contribution is 0.262. The highest BCUT2D eigenvalue weighted by Gasteiger charge is 2.06. The molecule has 2 aromatic rings. The van der Waals surface area contributed by atoms with Crippen LogP contribution in [0.2, 0.25) is 0 Å². The molecule has 100 valence electrons. The maximum absolute atomic E-state index is 11.8. The molecule has 0 aliphatic heterocycles. The molecule has 2 rings (SSSR count). The van der Waals surface area contributed by atoms with Crippen molar-refractivity contribution >= 4 is 17.5 Å². The Kier molecular flexibility index (Phi) is 3.55. The van der Waals surface area contributed by atoms with Gasteiger partial charge < -0.3 is 5.32 Å². The van der Waals surface area contributed by atoms with Crippen LogP contribution >= 0.6 is 0 Å². The fourth-order valence-corrected chi connectivity index (χ4v) is 1.72. The topological polar surface area (TPSA) is 59.0 Å². The summed E-state index contributed by atoms with van der Waals surface area (Å²) >= 11 is 0. The van der Waals surface area contributed by atoms with Crippen molar-refractivity contribution in [3.05, 3.63) is 41.1 Å². The molecule has 0 unspecified atom stereocenters. The Morgan fingerprint density at radius 2 is 1.84 bits per heavy atom. The minimum absolute atomic E-state index is 0.290. The first kappa shape index (κ1) is 13.1. The number of anilines is 2. The molecule has 0 atom stereocenters. The third-order valence-corrected chi connectivity index (χ3v) is 3.12. The molecule has 0 radical (unpaired) electrons. The molecule has 5 heteroatoms. The molecule has 0 saturated carbocycles. The number of benzene rings is 1. The summed E-state index contributed by atoms with van der Waals surface area (Å²) in [6.45, 7) is 5.98. The number of hydrogen-bond donors (Lipinski definition) is 2. The summed E-state index contributed by atoms with van der Waals surface area (Å²) in [4.78, 5) is 11.8. The summed E-state index contributed by atoms with van der Waals surface area (Å²) in [6, 6.07) is 7.33. The summed E-state index contributed by atoms with van der Waals surface area (Å²) in [5, 5.41) is 9.66. The maximum atomic E-state index is 11.8. The molecule has 19 heavy (non-hydrogen) atoms. The van der Waals surface area contributed by atoms with E-state index in [0.717, 1.165) is 16.9 Å². The number of urea groups is 1.